The van der Waals surface area contributed by atoms with Crippen LogP contribution < -0.4 is 14.8 Å². The van der Waals surface area contributed by atoms with Crippen molar-refractivity contribution < 1.29 is 17.9 Å². The molecule has 0 aliphatic heterocycles. The molecule has 2 N–H and O–H groups in total. The SMILES string of the molecule is CCCCNS(=O)(=O)c1ccc(OCC(=O)Nc2ccc(I)cc2)c(Cl)c1. The zero-order chi connectivity index (χ0) is 19.9. The van der Waals surface area contributed by atoms with Crippen LogP contribution >= 0.6 is 34.2 Å². The molecular formula is C18H20ClIN2O4S. The number of ether oxygens (including phenoxy) is 1. The third kappa shape index (κ3) is 6.95. The number of hydrogen-bond donors (Lipinski definition) is 2. The van der Waals surface area contributed by atoms with E-state index in [0.717, 1.165) is 16.4 Å². The molecule has 0 unspecified atom stereocenters. The minimum absolute atomic E-state index is 0.0549. The van der Waals surface area contributed by atoms with E-state index in [2.05, 4.69) is 32.6 Å². The average molecular weight is 523 g/mol. The van der Waals surface area contributed by atoms with Gasteiger partial charge < -0.3 is 10.1 Å². The summed E-state index contributed by atoms with van der Waals surface area (Å²) in [5, 5.41) is 2.83. The van der Waals surface area contributed by atoms with Gasteiger partial charge in [-0.05, 0) is 71.5 Å². The Morgan fingerprint density at radius 1 is 1.19 bits per heavy atom. The van der Waals surface area contributed by atoms with E-state index < -0.39 is 10.0 Å². The average Bonchev–Trinajstić information content (AvgIpc) is 2.62. The fraction of sp³-hybridized carbons (Fsp3) is 0.278. The zero-order valence-electron chi connectivity index (χ0n) is 14.7. The summed E-state index contributed by atoms with van der Waals surface area (Å²) in [6.07, 6.45) is 1.64. The highest BCUT2D eigenvalue weighted by molar-refractivity contribution is 14.1. The molecule has 6 nitrogen and oxygen atoms in total. The number of carbonyl (C=O) groups excluding carboxylic acids is 1. The maximum absolute atomic E-state index is 12.2. The van der Waals surface area contributed by atoms with E-state index >= 15 is 0 Å². The summed E-state index contributed by atoms with van der Waals surface area (Å²) in [4.78, 5) is 12.0. The summed E-state index contributed by atoms with van der Waals surface area (Å²) in [6.45, 7) is 2.10. The van der Waals surface area contributed by atoms with E-state index in [1.54, 1.807) is 12.1 Å². The molecule has 0 atom stereocenters. The van der Waals surface area contributed by atoms with Crippen LogP contribution in [0.1, 0.15) is 19.8 Å². The number of halogens is 2. The Bertz CT molecular complexity index is 889. The number of rotatable bonds is 9. The monoisotopic (exact) mass is 522 g/mol. The van der Waals surface area contributed by atoms with Crippen molar-refractivity contribution in [1.82, 2.24) is 4.72 Å². The van der Waals surface area contributed by atoms with E-state index in [1.807, 2.05) is 19.1 Å². The van der Waals surface area contributed by atoms with Crippen LogP contribution in [0.4, 0.5) is 5.69 Å². The molecule has 0 spiro atoms. The predicted molar refractivity (Wildman–Crippen MR) is 115 cm³/mol. The number of nitrogens with one attached hydrogen (secondary N) is 2. The molecule has 2 aromatic rings. The lowest BCUT2D eigenvalue weighted by Gasteiger charge is -2.11. The predicted octanol–water partition coefficient (Wildman–Crippen LogP) is 4.04. The summed E-state index contributed by atoms with van der Waals surface area (Å²) in [5.41, 5.74) is 0.662. The highest BCUT2D eigenvalue weighted by Gasteiger charge is 2.16. The maximum atomic E-state index is 12.2. The standard InChI is InChI=1S/C18H20ClIN2O4S/c1-2-3-10-21-27(24,25)15-8-9-17(16(19)11-15)26-12-18(23)22-14-6-4-13(20)5-7-14/h4-9,11,21H,2-3,10,12H2,1H3,(H,22,23). The van der Waals surface area contributed by atoms with Crippen LogP contribution in [0, 0.1) is 3.57 Å². The molecule has 0 aliphatic rings. The van der Waals surface area contributed by atoms with Crippen molar-refractivity contribution in [1.29, 1.82) is 0 Å². The van der Waals surface area contributed by atoms with Crippen LogP contribution in [0.5, 0.6) is 5.75 Å². The summed E-state index contributed by atoms with van der Waals surface area (Å²) >= 11 is 8.28. The van der Waals surface area contributed by atoms with Crippen LogP contribution in [0.25, 0.3) is 0 Å². The summed E-state index contributed by atoms with van der Waals surface area (Å²) in [5.74, 6) is -0.104. The van der Waals surface area contributed by atoms with Crippen LogP contribution in [-0.4, -0.2) is 27.5 Å². The van der Waals surface area contributed by atoms with Gasteiger partial charge in [0.15, 0.2) is 6.61 Å². The molecule has 146 valence electrons. The molecule has 0 heterocycles. The lowest BCUT2D eigenvalue weighted by atomic mass is 10.3. The van der Waals surface area contributed by atoms with Crippen molar-refractivity contribution >= 4 is 55.8 Å². The lowest BCUT2D eigenvalue weighted by molar-refractivity contribution is -0.118. The second kappa shape index (κ2) is 10.3. The second-order valence-electron chi connectivity index (χ2n) is 5.69. The first-order chi connectivity index (χ1) is 12.8. The van der Waals surface area contributed by atoms with Gasteiger partial charge in [-0.2, -0.15) is 0 Å². The quantitative estimate of drug-likeness (QED) is 0.385. The second-order valence-corrected chi connectivity index (χ2v) is 9.11. The Morgan fingerprint density at radius 3 is 2.52 bits per heavy atom. The van der Waals surface area contributed by atoms with Crippen molar-refractivity contribution in [2.24, 2.45) is 0 Å². The van der Waals surface area contributed by atoms with Gasteiger partial charge in [0.25, 0.3) is 5.91 Å². The smallest absolute Gasteiger partial charge is 0.262 e. The van der Waals surface area contributed by atoms with Gasteiger partial charge in [0.2, 0.25) is 10.0 Å². The molecule has 27 heavy (non-hydrogen) atoms. The Kier molecular flexibility index (Phi) is 8.33. The summed E-state index contributed by atoms with van der Waals surface area (Å²) in [7, 11) is -3.62. The van der Waals surface area contributed by atoms with Crippen molar-refractivity contribution in [3.63, 3.8) is 0 Å². The van der Waals surface area contributed by atoms with Crippen LogP contribution in [-0.2, 0) is 14.8 Å². The van der Waals surface area contributed by atoms with Gasteiger partial charge in [-0.15, -0.1) is 0 Å². The summed E-state index contributed by atoms with van der Waals surface area (Å²) < 4.78 is 33.4. The Hall–Kier alpha value is -1.36. The van der Waals surface area contributed by atoms with E-state index in [0.29, 0.717) is 12.2 Å². The van der Waals surface area contributed by atoms with Gasteiger partial charge in [-0.1, -0.05) is 24.9 Å². The van der Waals surface area contributed by atoms with Crippen molar-refractivity contribution in [2.75, 3.05) is 18.5 Å². The van der Waals surface area contributed by atoms with Crippen LogP contribution in [0.15, 0.2) is 47.4 Å². The van der Waals surface area contributed by atoms with Gasteiger partial charge in [0.05, 0.1) is 9.92 Å². The van der Waals surface area contributed by atoms with Gasteiger partial charge in [-0.3, -0.25) is 4.79 Å². The molecule has 0 aromatic heterocycles. The molecule has 0 radical (unpaired) electrons. The molecule has 0 saturated carbocycles. The molecular weight excluding hydrogens is 503 g/mol. The maximum Gasteiger partial charge on any atom is 0.262 e. The van der Waals surface area contributed by atoms with Crippen molar-refractivity contribution in [2.45, 2.75) is 24.7 Å². The highest BCUT2D eigenvalue weighted by Crippen LogP contribution is 2.27. The van der Waals surface area contributed by atoms with Gasteiger partial charge in [0, 0.05) is 15.8 Å². The first-order valence-electron chi connectivity index (χ1n) is 8.29. The third-order valence-corrected chi connectivity index (χ3v) is 6.00. The number of carbonyl (C=O) groups is 1. The van der Waals surface area contributed by atoms with Crippen LogP contribution in [0.2, 0.25) is 5.02 Å². The fourth-order valence-electron chi connectivity index (χ4n) is 2.11. The largest absolute Gasteiger partial charge is 0.482 e. The van der Waals surface area contributed by atoms with E-state index in [-0.39, 0.29) is 28.2 Å². The van der Waals surface area contributed by atoms with E-state index in [9.17, 15) is 13.2 Å². The molecule has 0 fully saturated rings. The van der Waals surface area contributed by atoms with E-state index in [4.69, 9.17) is 16.3 Å². The molecule has 0 saturated heterocycles. The molecule has 1 amide bonds. The summed E-state index contributed by atoms with van der Waals surface area (Å²) in [6, 6.07) is 11.5. The Balaban J connectivity index is 1.95. The topological polar surface area (TPSA) is 84.5 Å². The fourth-order valence-corrected chi connectivity index (χ4v) is 3.87. The first kappa shape index (κ1) is 21.9. The van der Waals surface area contributed by atoms with Gasteiger partial charge in [0.1, 0.15) is 5.75 Å². The Labute approximate surface area is 177 Å². The first-order valence-corrected chi connectivity index (χ1v) is 11.2. The van der Waals surface area contributed by atoms with Gasteiger partial charge in [-0.25, -0.2) is 13.1 Å². The Morgan fingerprint density at radius 2 is 1.89 bits per heavy atom. The number of anilines is 1. The van der Waals surface area contributed by atoms with Crippen molar-refractivity contribution in [3.8, 4) is 5.75 Å². The molecule has 0 aliphatic carbocycles. The van der Waals surface area contributed by atoms with Gasteiger partial charge >= 0.3 is 0 Å². The minimum atomic E-state index is -3.62. The lowest BCUT2D eigenvalue weighted by Crippen LogP contribution is -2.24. The normalized spacial score (nSPS) is 11.2. The van der Waals surface area contributed by atoms with Crippen molar-refractivity contribution in [3.05, 3.63) is 51.1 Å². The molecule has 2 rings (SSSR count). The number of amides is 1. The minimum Gasteiger partial charge on any atom is -0.482 e. The number of benzene rings is 2. The number of hydrogen-bond acceptors (Lipinski definition) is 4. The third-order valence-electron chi connectivity index (χ3n) is 3.52. The molecule has 2 aromatic carbocycles. The highest BCUT2D eigenvalue weighted by atomic mass is 127. The van der Waals surface area contributed by atoms with Crippen LogP contribution in [0.3, 0.4) is 0 Å². The molecule has 0 bridgehead atoms. The number of sulfonamides is 1. The zero-order valence-corrected chi connectivity index (χ0v) is 18.4. The number of unbranched alkanes of at least 4 members (excludes halogenated alkanes) is 1. The van der Waals surface area contributed by atoms with E-state index in [1.165, 1.54) is 18.2 Å². The molecule has 9 heteroatoms.